The molecule has 0 fully saturated rings. The molecular weight excluding hydrogens is 216 g/mol. The molecule has 108 valence electrons. The lowest BCUT2D eigenvalue weighted by molar-refractivity contribution is 0.394. The summed E-state index contributed by atoms with van der Waals surface area (Å²) in [5.41, 5.74) is 0. The summed E-state index contributed by atoms with van der Waals surface area (Å²) in [6.07, 6.45) is 19.2. The quantitative estimate of drug-likeness (QED) is 0.300. The maximum absolute atomic E-state index is 3.90. The molecule has 0 aromatic heterocycles. The Balaban J connectivity index is 3.29. The molecule has 1 atom stereocenters. The van der Waals surface area contributed by atoms with E-state index in [0.29, 0.717) is 0 Å². The lowest BCUT2D eigenvalue weighted by Gasteiger charge is -2.14. The molecule has 18 heavy (non-hydrogen) atoms. The summed E-state index contributed by atoms with van der Waals surface area (Å²) in [6.45, 7) is 10.2. The molecular formula is C18H36. The molecule has 0 aliphatic rings. The zero-order chi connectivity index (χ0) is 13.5. The Morgan fingerprint density at radius 2 is 1.00 bits per heavy atom. The Kier molecular flexibility index (Phi) is 15.1. The van der Waals surface area contributed by atoms with Crippen molar-refractivity contribution in [3.05, 3.63) is 13.8 Å². The zero-order valence-corrected chi connectivity index (χ0v) is 12.9. The Bertz CT molecular complexity index is 139. The van der Waals surface area contributed by atoms with Crippen molar-refractivity contribution in [2.45, 2.75) is 96.8 Å². The van der Waals surface area contributed by atoms with Crippen molar-refractivity contribution in [3.8, 4) is 0 Å². The second kappa shape index (κ2) is 15.1. The van der Waals surface area contributed by atoms with Gasteiger partial charge in [0.2, 0.25) is 0 Å². The number of hydrogen-bond acceptors (Lipinski definition) is 0. The fraction of sp³-hybridized carbons (Fsp3) is 0.889. The molecule has 0 heterocycles. The van der Waals surface area contributed by atoms with E-state index in [4.69, 9.17) is 0 Å². The molecule has 0 saturated carbocycles. The summed E-state index contributed by atoms with van der Waals surface area (Å²) in [5, 5.41) is 0. The van der Waals surface area contributed by atoms with E-state index in [1.54, 1.807) is 0 Å². The van der Waals surface area contributed by atoms with Gasteiger partial charge in [-0.3, -0.25) is 0 Å². The van der Waals surface area contributed by atoms with Crippen LogP contribution in [0.15, 0.2) is 0 Å². The molecule has 0 bridgehead atoms. The highest BCUT2D eigenvalue weighted by Crippen LogP contribution is 2.21. The predicted octanol–water partition coefficient (Wildman–Crippen LogP) is 6.75. The van der Waals surface area contributed by atoms with Crippen molar-refractivity contribution in [3.63, 3.8) is 0 Å². The Morgan fingerprint density at radius 3 is 1.39 bits per heavy atom. The largest absolute Gasteiger partial charge is 0.0651 e. The fourth-order valence-corrected chi connectivity index (χ4v) is 2.66. The van der Waals surface area contributed by atoms with Crippen LogP contribution in [0.5, 0.6) is 0 Å². The summed E-state index contributed by atoms with van der Waals surface area (Å²) in [5.74, 6) is 0.998. The molecule has 0 aliphatic carbocycles. The maximum atomic E-state index is 3.90. The van der Waals surface area contributed by atoms with Gasteiger partial charge in [-0.15, -0.1) is 0 Å². The monoisotopic (exact) mass is 252 g/mol. The lowest BCUT2D eigenvalue weighted by Crippen LogP contribution is -1.99. The van der Waals surface area contributed by atoms with E-state index >= 15 is 0 Å². The van der Waals surface area contributed by atoms with Crippen molar-refractivity contribution < 1.29 is 0 Å². The van der Waals surface area contributed by atoms with E-state index in [-0.39, 0.29) is 0 Å². The van der Waals surface area contributed by atoms with E-state index in [2.05, 4.69) is 20.8 Å². The minimum Gasteiger partial charge on any atom is -0.0651 e. The van der Waals surface area contributed by atoms with Gasteiger partial charge in [-0.05, 0) is 5.92 Å². The third kappa shape index (κ3) is 12.5. The van der Waals surface area contributed by atoms with Crippen molar-refractivity contribution >= 4 is 0 Å². The second-order valence-corrected chi connectivity index (χ2v) is 5.74. The first kappa shape index (κ1) is 18.0. The van der Waals surface area contributed by atoms with Crippen molar-refractivity contribution in [2.75, 3.05) is 0 Å². The van der Waals surface area contributed by atoms with Crippen LogP contribution >= 0.6 is 0 Å². The van der Waals surface area contributed by atoms with Crippen LogP contribution in [0, 0.1) is 19.8 Å². The van der Waals surface area contributed by atoms with Crippen LogP contribution in [-0.2, 0) is 0 Å². The summed E-state index contributed by atoms with van der Waals surface area (Å²) < 4.78 is 0. The van der Waals surface area contributed by atoms with Crippen LogP contribution in [0.1, 0.15) is 96.8 Å². The van der Waals surface area contributed by atoms with E-state index < -0.39 is 0 Å². The third-order valence-corrected chi connectivity index (χ3v) is 4.05. The summed E-state index contributed by atoms with van der Waals surface area (Å²) in [6, 6.07) is 0. The maximum Gasteiger partial charge on any atom is -0.0417 e. The summed E-state index contributed by atoms with van der Waals surface area (Å²) in [7, 11) is 0. The first-order valence-electron chi connectivity index (χ1n) is 8.43. The predicted molar refractivity (Wildman–Crippen MR) is 84.5 cm³/mol. The van der Waals surface area contributed by atoms with Gasteiger partial charge in [-0.2, -0.15) is 0 Å². The molecule has 2 radical (unpaired) electrons. The van der Waals surface area contributed by atoms with E-state index in [1.807, 2.05) is 0 Å². The molecule has 0 aromatic carbocycles. The van der Waals surface area contributed by atoms with E-state index in [9.17, 15) is 0 Å². The average molecular weight is 252 g/mol. The lowest BCUT2D eigenvalue weighted by atomic mass is 9.92. The first-order chi connectivity index (χ1) is 8.85. The molecule has 0 spiro atoms. The van der Waals surface area contributed by atoms with E-state index in [0.717, 1.165) is 18.8 Å². The fourth-order valence-electron chi connectivity index (χ4n) is 2.66. The number of unbranched alkanes of at least 4 members (excludes halogenated alkanes) is 9. The van der Waals surface area contributed by atoms with Crippen LogP contribution in [-0.4, -0.2) is 0 Å². The third-order valence-electron chi connectivity index (χ3n) is 4.05. The highest BCUT2D eigenvalue weighted by Gasteiger charge is 2.05. The van der Waals surface area contributed by atoms with Gasteiger partial charge in [-0.25, -0.2) is 0 Å². The van der Waals surface area contributed by atoms with Crippen LogP contribution in [0.25, 0.3) is 0 Å². The van der Waals surface area contributed by atoms with Gasteiger partial charge < -0.3 is 0 Å². The highest BCUT2D eigenvalue weighted by molar-refractivity contribution is 4.59. The Hall–Kier alpha value is 0. The highest BCUT2D eigenvalue weighted by atomic mass is 14.1. The van der Waals surface area contributed by atoms with Gasteiger partial charge >= 0.3 is 0 Å². The summed E-state index contributed by atoms with van der Waals surface area (Å²) in [4.78, 5) is 0. The molecule has 0 saturated heterocycles. The molecule has 0 N–H and O–H groups in total. The molecule has 1 unspecified atom stereocenters. The van der Waals surface area contributed by atoms with Crippen molar-refractivity contribution in [2.24, 2.45) is 5.92 Å². The Morgan fingerprint density at radius 1 is 0.611 bits per heavy atom. The van der Waals surface area contributed by atoms with Crippen LogP contribution in [0.2, 0.25) is 0 Å². The summed E-state index contributed by atoms with van der Waals surface area (Å²) >= 11 is 0. The van der Waals surface area contributed by atoms with Gasteiger partial charge in [0.1, 0.15) is 0 Å². The van der Waals surface area contributed by atoms with Crippen LogP contribution in [0.3, 0.4) is 0 Å². The second-order valence-electron chi connectivity index (χ2n) is 5.74. The zero-order valence-electron chi connectivity index (χ0n) is 12.9. The van der Waals surface area contributed by atoms with Gasteiger partial charge in [-0.1, -0.05) is 111 Å². The molecule has 0 rings (SSSR count). The van der Waals surface area contributed by atoms with Gasteiger partial charge in [0.25, 0.3) is 0 Å². The number of hydrogen-bond donors (Lipinski definition) is 0. The average Bonchev–Trinajstić information content (AvgIpc) is 2.40. The topological polar surface area (TPSA) is 0 Å². The van der Waals surface area contributed by atoms with Gasteiger partial charge in [0, 0.05) is 0 Å². The van der Waals surface area contributed by atoms with Crippen molar-refractivity contribution in [1.82, 2.24) is 0 Å². The SMILES string of the molecule is [CH2]CCCCCCCC(CC)CCCCCC[CH2]. The first-order valence-corrected chi connectivity index (χ1v) is 8.43. The number of rotatable bonds is 14. The molecule has 0 nitrogen and oxygen atoms in total. The normalized spacial score (nSPS) is 12.8. The standard InChI is InChI=1S/C18H36/c1-4-7-9-11-13-15-17-18(6-3)16-14-12-10-8-5-2/h18H,1-2,4-17H2,3H3. The van der Waals surface area contributed by atoms with Crippen molar-refractivity contribution in [1.29, 1.82) is 0 Å². The Labute approximate surface area is 117 Å². The minimum absolute atomic E-state index is 0.998. The van der Waals surface area contributed by atoms with Crippen LogP contribution < -0.4 is 0 Å². The molecule has 0 heteroatoms. The smallest absolute Gasteiger partial charge is 0.0417 e. The van der Waals surface area contributed by atoms with Gasteiger partial charge in [0.05, 0.1) is 0 Å². The molecule has 0 amide bonds. The van der Waals surface area contributed by atoms with E-state index in [1.165, 1.54) is 77.0 Å². The molecule has 0 aliphatic heterocycles. The molecule has 0 aromatic rings. The minimum atomic E-state index is 0.998. The van der Waals surface area contributed by atoms with Gasteiger partial charge in [0.15, 0.2) is 0 Å². The van der Waals surface area contributed by atoms with Crippen LogP contribution in [0.4, 0.5) is 0 Å².